The molecule has 0 radical (unpaired) electrons. The molecule has 1 aliphatic heterocycles. The van der Waals surface area contributed by atoms with Crippen LogP contribution in [-0.2, 0) is 13.0 Å². The van der Waals surface area contributed by atoms with E-state index in [4.69, 9.17) is 4.74 Å². The number of ether oxygens (including phenoxy) is 1. The fourth-order valence-corrected chi connectivity index (χ4v) is 3.88. The molecular formula is C22H20BrN7O. The SMILES string of the molecule is COc1cc2c(cc1Nc1ncc(Br)c(Nc3ccc4nccnc4c3)n1)CNCC2. The molecule has 0 amide bonds. The van der Waals surface area contributed by atoms with Gasteiger partial charge in [-0.25, -0.2) is 4.98 Å². The number of nitrogens with one attached hydrogen (secondary N) is 3. The molecule has 31 heavy (non-hydrogen) atoms. The van der Waals surface area contributed by atoms with Crippen LogP contribution in [0.15, 0.2) is 53.4 Å². The van der Waals surface area contributed by atoms with Gasteiger partial charge < -0.3 is 20.7 Å². The Morgan fingerprint density at radius 2 is 1.87 bits per heavy atom. The van der Waals surface area contributed by atoms with E-state index in [1.54, 1.807) is 25.7 Å². The van der Waals surface area contributed by atoms with Gasteiger partial charge >= 0.3 is 0 Å². The first kappa shape index (κ1) is 19.7. The monoisotopic (exact) mass is 477 g/mol. The van der Waals surface area contributed by atoms with E-state index in [0.29, 0.717) is 11.8 Å². The second kappa shape index (κ2) is 8.44. The average Bonchev–Trinajstić information content (AvgIpc) is 2.80. The number of fused-ring (bicyclic) bond motifs is 2. The predicted octanol–water partition coefficient (Wildman–Crippen LogP) is 4.32. The second-order valence-electron chi connectivity index (χ2n) is 7.15. The Bertz CT molecular complexity index is 1260. The lowest BCUT2D eigenvalue weighted by Crippen LogP contribution is -2.23. The highest BCUT2D eigenvalue weighted by molar-refractivity contribution is 9.10. The summed E-state index contributed by atoms with van der Waals surface area (Å²) in [6.07, 6.45) is 6.06. The van der Waals surface area contributed by atoms with Crippen LogP contribution in [0.5, 0.6) is 5.75 Å². The summed E-state index contributed by atoms with van der Waals surface area (Å²) in [4.78, 5) is 17.7. The molecule has 8 nitrogen and oxygen atoms in total. The maximum absolute atomic E-state index is 5.60. The van der Waals surface area contributed by atoms with E-state index in [1.165, 1.54) is 11.1 Å². The van der Waals surface area contributed by atoms with Gasteiger partial charge in [-0.15, -0.1) is 0 Å². The highest BCUT2D eigenvalue weighted by Crippen LogP contribution is 2.33. The number of methoxy groups -OCH3 is 1. The summed E-state index contributed by atoms with van der Waals surface area (Å²) in [6.45, 7) is 1.82. The minimum absolute atomic E-state index is 0.466. The van der Waals surface area contributed by atoms with Crippen LogP contribution in [0.25, 0.3) is 11.0 Å². The lowest BCUT2D eigenvalue weighted by molar-refractivity contribution is 0.415. The molecular weight excluding hydrogens is 458 g/mol. The van der Waals surface area contributed by atoms with Gasteiger partial charge in [-0.05, 0) is 70.4 Å². The van der Waals surface area contributed by atoms with Crippen LogP contribution in [0, 0.1) is 0 Å². The van der Waals surface area contributed by atoms with E-state index in [-0.39, 0.29) is 0 Å². The topological polar surface area (TPSA) is 96.9 Å². The molecule has 0 fully saturated rings. The summed E-state index contributed by atoms with van der Waals surface area (Å²) in [5.74, 6) is 1.88. The largest absolute Gasteiger partial charge is 0.495 e. The summed E-state index contributed by atoms with van der Waals surface area (Å²) >= 11 is 3.52. The van der Waals surface area contributed by atoms with Crippen molar-refractivity contribution in [1.29, 1.82) is 0 Å². The van der Waals surface area contributed by atoms with E-state index >= 15 is 0 Å². The molecule has 1 aliphatic rings. The van der Waals surface area contributed by atoms with Crippen LogP contribution >= 0.6 is 15.9 Å². The van der Waals surface area contributed by atoms with Gasteiger partial charge in [0.05, 0.1) is 28.3 Å². The van der Waals surface area contributed by atoms with E-state index in [1.807, 2.05) is 18.2 Å². The van der Waals surface area contributed by atoms with Crippen molar-refractivity contribution in [1.82, 2.24) is 25.3 Å². The molecule has 5 rings (SSSR count). The van der Waals surface area contributed by atoms with Crippen LogP contribution < -0.4 is 20.7 Å². The summed E-state index contributed by atoms with van der Waals surface area (Å²) in [6, 6.07) is 9.99. The number of halogens is 1. The molecule has 0 saturated carbocycles. The average molecular weight is 478 g/mol. The van der Waals surface area contributed by atoms with Gasteiger partial charge in [0.15, 0.2) is 0 Å². The van der Waals surface area contributed by atoms with Crippen molar-refractivity contribution in [2.75, 3.05) is 24.3 Å². The van der Waals surface area contributed by atoms with Gasteiger partial charge in [-0.2, -0.15) is 4.98 Å². The van der Waals surface area contributed by atoms with Crippen molar-refractivity contribution in [3.8, 4) is 5.75 Å². The number of hydrogen-bond donors (Lipinski definition) is 3. The van der Waals surface area contributed by atoms with E-state index in [9.17, 15) is 0 Å². The third kappa shape index (κ3) is 4.14. The number of hydrogen-bond acceptors (Lipinski definition) is 8. The van der Waals surface area contributed by atoms with Crippen molar-refractivity contribution >= 4 is 50.1 Å². The van der Waals surface area contributed by atoms with Crippen LogP contribution in [-0.4, -0.2) is 33.6 Å². The molecule has 0 spiro atoms. The normalized spacial score (nSPS) is 13.0. The van der Waals surface area contributed by atoms with Gasteiger partial charge in [0.25, 0.3) is 0 Å². The molecule has 4 aromatic rings. The zero-order valence-corrected chi connectivity index (χ0v) is 18.4. The van der Waals surface area contributed by atoms with Crippen LogP contribution in [0.4, 0.5) is 23.1 Å². The van der Waals surface area contributed by atoms with Crippen molar-refractivity contribution in [2.45, 2.75) is 13.0 Å². The summed E-state index contributed by atoms with van der Waals surface area (Å²) in [5, 5.41) is 10.0. The molecule has 2 aromatic carbocycles. The van der Waals surface area contributed by atoms with Crippen molar-refractivity contribution in [3.63, 3.8) is 0 Å². The standard InChI is InChI=1S/C22H20BrN7O/c1-31-20-9-13-4-5-24-11-14(13)8-19(20)29-22-27-12-16(23)21(30-22)28-15-2-3-17-18(10-15)26-7-6-25-17/h2-3,6-10,12,24H,4-5,11H2,1H3,(H2,27,28,29,30). The number of benzene rings is 2. The van der Waals surface area contributed by atoms with Crippen LogP contribution in [0.1, 0.15) is 11.1 Å². The van der Waals surface area contributed by atoms with Gasteiger partial charge in [-0.3, -0.25) is 9.97 Å². The molecule has 3 heterocycles. The van der Waals surface area contributed by atoms with Crippen molar-refractivity contribution in [3.05, 3.63) is 64.5 Å². The van der Waals surface area contributed by atoms with Crippen molar-refractivity contribution in [2.24, 2.45) is 0 Å². The third-order valence-corrected chi connectivity index (χ3v) is 5.71. The fraction of sp³-hybridized carbons (Fsp3) is 0.182. The number of anilines is 4. The maximum Gasteiger partial charge on any atom is 0.229 e. The molecule has 156 valence electrons. The van der Waals surface area contributed by atoms with Gasteiger partial charge in [-0.1, -0.05) is 0 Å². The Morgan fingerprint density at radius 3 is 2.74 bits per heavy atom. The molecule has 0 atom stereocenters. The van der Waals surface area contributed by atoms with Crippen LogP contribution in [0.2, 0.25) is 0 Å². The first-order chi connectivity index (χ1) is 15.2. The molecule has 9 heteroatoms. The number of rotatable bonds is 5. The minimum Gasteiger partial charge on any atom is -0.495 e. The number of nitrogens with zero attached hydrogens (tertiary/aromatic N) is 4. The van der Waals surface area contributed by atoms with Gasteiger partial charge in [0.2, 0.25) is 5.95 Å². The second-order valence-corrected chi connectivity index (χ2v) is 8.00. The Balaban J connectivity index is 1.43. The summed E-state index contributed by atoms with van der Waals surface area (Å²) < 4.78 is 6.35. The van der Waals surface area contributed by atoms with E-state index in [0.717, 1.165) is 52.1 Å². The quantitative estimate of drug-likeness (QED) is 0.390. The van der Waals surface area contributed by atoms with E-state index in [2.05, 4.69) is 63.9 Å². The molecule has 0 bridgehead atoms. The molecule has 3 N–H and O–H groups in total. The summed E-state index contributed by atoms with van der Waals surface area (Å²) in [5.41, 5.74) is 5.89. The molecule has 0 aliphatic carbocycles. The fourth-order valence-electron chi connectivity index (χ4n) is 3.59. The molecule has 2 aromatic heterocycles. The zero-order chi connectivity index (χ0) is 21.2. The lowest BCUT2D eigenvalue weighted by atomic mass is 10.00. The molecule has 0 saturated heterocycles. The summed E-state index contributed by atoms with van der Waals surface area (Å²) in [7, 11) is 1.67. The van der Waals surface area contributed by atoms with Crippen molar-refractivity contribution < 1.29 is 4.74 Å². The van der Waals surface area contributed by atoms with Gasteiger partial charge in [0, 0.05) is 30.8 Å². The zero-order valence-electron chi connectivity index (χ0n) is 16.8. The Kier molecular flexibility index (Phi) is 5.35. The highest BCUT2D eigenvalue weighted by Gasteiger charge is 2.15. The van der Waals surface area contributed by atoms with Crippen LogP contribution in [0.3, 0.4) is 0 Å². The Labute approximate surface area is 187 Å². The Morgan fingerprint density at radius 1 is 1.00 bits per heavy atom. The lowest BCUT2D eigenvalue weighted by Gasteiger charge is -2.20. The smallest absolute Gasteiger partial charge is 0.229 e. The van der Waals surface area contributed by atoms with Gasteiger partial charge in [0.1, 0.15) is 11.6 Å². The highest BCUT2D eigenvalue weighted by atomic mass is 79.9. The first-order valence-corrected chi connectivity index (χ1v) is 10.7. The molecule has 0 unspecified atom stereocenters. The maximum atomic E-state index is 5.60. The van der Waals surface area contributed by atoms with E-state index < -0.39 is 0 Å². The number of aromatic nitrogens is 4. The minimum atomic E-state index is 0.466. The first-order valence-electron chi connectivity index (χ1n) is 9.87. The Hall–Kier alpha value is -3.30. The predicted molar refractivity (Wildman–Crippen MR) is 124 cm³/mol. The third-order valence-electron chi connectivity index (χ3n) is 5.13.